The normalized spacial score (nSPS) is 15.2. The Morgan fingerprint density at radius 1 is 1.07 bits per heavy atom. The maximum atomic E-state index is 12.0. The molecule has 1 aliphatic heterocycles. The molecule has 1 aromatic heterocycles. The summed E-state index contributed by atoms with van der Waals surface area (Å²) in [4.78, 5) is 16.5. The number of hydrogen-bond donors (Lipinski definition) is 1. The number of ether oxygens (including phenoxy) is 1. The molecular formula is C21H22N2O4. The summed E-state index contributed by atoms with van der Waals surface area (Å²) < 4.78 is 10.5. The molecule has 0 saturated carbocycles. The highest BCUT2D eigenvalue weighted by molar-refractivity contribution is 5.81. The highest BCUT2D eigenvalue weighted by Crippen LogP contribution is 2.28. The smallest absolute Gasteiger partial charge is 0.336 e. The van der Waals surface area contributed by atoms with Crippen molar-refractivity contribution in [1.82, 2.24) is 4.90 Å². The second-order valence-corrected chi connectivity index (χ2v) is 6.70. The molecule has 3 aromatic rings. The van der Waals surface area contributed by atoms with Crippen LogP contribution in [0.5, 0.6) is 11.5 Å². The van der Waals surface area contributed by atoms with Gasteiger partial charge in [-0.2, -0.15) is 0 Å². The lowest BCUT2D eigenvalue weighted by Gasteiger charge is -2.36. The first-order chi connectivity index (χ1) is 13.1. The van der Waals surface area contributed by atoms with Gasteiger partial charge in [0.25, 0.3) is 0 Å². The number of hydrogen-bond acceptors (Lipinski definition) is 6. The van der Waals surface area contributed by atoms with Gasteiger partial charge in [-0.1, -0.05) is 12.1 Å². The number of rotatable bonds is 4. The fourth-order valence-electron chi connectivity index (χ4n) is 3.59. The third-order valence-electron chi connectivity index (χ3n) is 5.03. The number of nitrogens with zero attached hydrogens (tertiary/aromatic N) is 2. The first-order valence-electron chi connectivity index (χ1n) is 9.00. The van der Waals surface area contributed by atoms with Gasteiger partial charge in [-0.25, -0.2) is 4.79 Å². The number of fused-ring (bicyclic) bond motifs is 1. The van der Waals surface area contributed by atoms with Gasteiger partial charge < -0.3 is 19.2 Å². The molecule has 4 rings (SSSR count). The largest absolute Gasteiger partial charge is 0.506 e. The molecule has 0 amide bonds. The van der Waals surface area contributed by atoms with Crippen LogP contribution in [0.15, 0.2) is 57.7 Å². The molecule has 2 aromatic carbocycles. The van der Waals surface area contributed by atoms with Crippen LogP contribution in [0.2, 0.25) is 0 Å². The zero-order valence-electron chi connectivity index (χ0n) is 15.2. The molecule has 1 N–H and O–H groups in total. The maximum absolute atomic E-state index is 12.0. The lowest BCUT2D eigenvalue weighted by molar-refractivity contribution is 0.249. The Balaban J connectivity index is 1.51. The van der Waals surface area contributed by atoms with Gasteiger partial charge in [-0.3, -0.25) is 4.90 Å². The van der Waals surface area contributed by atoms with Crippen molar-refractivity contribution in [3.05, 3.63) is 64.5 Å². The van der Waals surface area contributed by atoms with Crippen LogP contribution in [0, 0.1) is 0 Å². The Morgan fingerprint density at radius 3 is 2.59 bits per heavy atom. The van der Waals surface area contributed by atoms with Crippen LogP contribution in [0.1, 0.15) is 5.56 Å². The van der Waals surface area contributed by atoms with Crippen molar-refractivity contribution < 1.29 is 14.3 Å². The van der Waals surface area contributed by atoms with E-state index in [4.69, 9.17) is 9.15 Å². The van der Waals surface area contributed by atoms with Crippen molar-refractivity contribution in [3.8, 4) is 11.5 Å². The van der Waals surface area contributed by atoms with Gasteiger partial charge in [0.1, 0.15) is 17.1 Å². The van der Waals surface area contributed by atoms with Crippen molar-refractivity contribution in [1.29, 1.82) is 0 Å². The van der Waals surface area contributed by atoms with Crippen LogP contribution >= 0.6 is 0 Å². The maximum Gasteiger partial charge on any atom is 0.336 e. The van der Waals surface area contributed by atoms with Crippen LogP contribution < -0.4 is 15.3 Å². The molecule has 1 saturated heterocycles. The van der Waals surface area contributed by atoms with E-state index in [1.165, 1.54) is 0 Å². The number of para-hydroxylation sites is 2. The predicted octanol–water partition coefficient (Wildman–Crippen LogP) is 2.83. The summed E-state index contributed by atoms with van der Waals surface area (Å²) in [5, 5.41) is 11.0. The van der Waals surface area contributed by atoms with E-state index in [-0.39, 0.29) is 5.63 Å². The van der Waals surface area contributed by atoms with Gasteiger partial charge in [-0.05, 0) is 29.8 Å². The minimum Gasteiger partial charge on any atom is -0.506 e. The Hall–Kier alpha value is -2.99. The third-order valence-corrected chi connectivity index (χ3v) is 5.03. The molecule has 0 radical (unpaired) electrons. The fourth-order valence-corrected chi connectivity index (χ4v) is 3.59. The summed E-state index contributed by atoms with van der Waals surface area (Å²) in [5.74, 6) is 0.977. The highest BCUT2D eigenvalue weighted by atomic mass is 16.5. The van der Waals surface area contributed by atoms with Gasteiger partial charge in [0.2, 0.25) is 0 Å². The molecule has 6 nitrogen and oxygen atoms in total. The molecule has 1 aliphatic rings. The molecule has 0 spiro atoms. The average Bonchev–Trinajstić information content (AvgIpc) is 2.68. The van der Waals surface area contributed by atoms with Crippen LogP contribution in [0.3, 0.4) is 0 Å². The SMILES string of the molecule is COc1ccc2c(CN3CCN(c4ccccc4O)CC3)cc(=O)oc2c1. The number of phenolic OH excluding ortho intramolecular Hbond substituents is 1. The molecule has 0 unspecified atom stereocenters. The van der Waals surface area contributed by atoms with Gasteiger partial charge in [0.15, 0.2) is 0 Å². The fraction of sp³-hybridized carbons (Fsp3) is 0.286. The number of piperazine rings is 1. The molecule has 0 aliphatic carbocycles. The van der Waals surface area contributed by atoms with E-state index >= 15 is 0 Å². The van der Waals surface area contributed by atoms with E-state index in [9.17, 15) is 9.90 Å². The third kappa shape index (κ3) is 3.61. The Kier molecular flexibility index (Phi) is 4.73. The molecule has 27 heavy (non-hydrogen) atoms. The van der Waals surface area contributed by atoms with Crippen LogP contribution in [-0.4, -0.2) is 43.3 Å². The second kappa shape index (κ2) is 7.32. The number of phenols is 1. The van der Waals surface area contributed by atoms with E-state index in [0.29, 0.717) is 23.6 Å². The van der Waals surface area contributed by atoms with E-state index in [0.717, 1.165) is 42.8 Å². The highest BCUT2D eigenvalue weighted by Gasteiger charge is 2.20. The predicted molar refractivity (Wildman–Crippen MR) is 105 cm³/mol. The summed E-state index contributed by atoms with van der Waals surface area (Å²) >= 11 is 0. The van der Waals surface area contributed by atoms with E-state index < -0.39 is 0 Å². The van der Waals surface area contributed by atoms with E-state index in [1.54, 1.807) is 25.3 Å². The lowest BCUT2D eigenvalue weighted by Crippen LogP contribution is -2.46. The summed E-state index contributed by atoms with van der Waals surface area (Å²) in [5.41, 5.74) is 2.03. The van der Waals surface area contributed by atoms with Gasteiger partial charge in [0.05, 0.1) is 12.8 Å². The first kappa shape index (κ1) is 17.4. The Morgan fingerprint density at radius 2 is 1.85 bits per heavy atom. The Labute approximate surface area is 157 Å². The van der Waals surface area contributed by atoms with Crippen molar-refractivity contribution in [3.63, 3.8) is 0 Å². The van der Waals surface area contributed by atoms with Crippen molar-refractivity contribution in [2.75, 3.05) is 38.2 Å². The number of benzene rings is 2. The van der Waals surface area contributed by atoms with Crippen molar-refractivity contribution in [2.24, 2.45) is 0 Å². The van der Waals surface area contributed by atoms with Crippen LogP contribution in [0.4, 0.5) is 5.69 Å². The number of methoxy groups -OCH3 is 1. The topological polar surface area (TPSA) is 66.2 Å². The number of aromatic hydroxyl groups is 1. The monoisotopic (exact) mass is 366 g/mol. The first-order valence-corrected chi connectivity index (χ1v) is 9.00. The minimum atomic E-state index is -0.349. The second-order valence-electron chi connectivity index (χ2n) is 6.70. The van der Waals surface area contributed by atoms with Crippen molar-refractivity contribution >= 4 is 16.7 Å². The molecule has 1 fully saturated rings. The zero-order valence-corrected chi connectivity index (χ0v) is 15.2. The molecule has 2 heterocycles. The van der Waals surface area contributed by atoms with Crippen LogP contribution in [0.25, 0.3) is 11.0 Å². The standard InChI is InChI=1S/C21H22N2O4/c1-26-16-6-7-17-15(12-21(25)27-20(17)13-16)14-22-8-10-23(11-9-22)18-4-2-3-5-19(18)24/h2-7,12-13,24H,8-11,14H2,1H3. The quantitative estimate of drug-likeness (QED) is 0.717. The summed E-state index contributed by atoms with van der Waals surface area (Å²) in [6, 6.07) is 14.5. The molecule has 0 bridgehead atoms. The number of anilines is 1. The van der Waals surface area contributed by atoms with Gasteiger partial charge in [-0.15, -0.1) is 0 Å². The molecule has 140 valence electrons. The van der Waals surface area contributed by atoms with E-state index in [2.05, 4.69) is 9.80 Å². The van der Waals surface area contributed by atoms with E-state index in [1.807, 2.05) is 30.3 Å². The average molecular weight is 366 g/mol. The molecular weight excluding hydrogens is 344 g/mol. The summed E-state index contributed by atoms with van der Waals surface area (Å²) in [7, 11) is 1.59. The lowest BCUT2D eigenvalue weighted by atomic mass is 10.1. The summed E-state index contributed by atoms with van der Waals surface area (Å²) in [6.07, 6.45) is 0. The van der Waals surface area contributed by atoms with Gasteiger partial charge in [0, 0.05) is 50.2 Å². The zero-order chi connectivity index (χ0) is 18.8. The molecule has 0 atom stereocenters. The Bertz CT molecular complexity index is 1010. The van der Waals surface area contributed by atoms with Crippen molar-refractivity contribution in [2.45, 2.75) is 6.54 Å². The van der Waals surface area contributed by atoms with Crippen LogP contribution in [-0.2, 0) is 6.54 Å². The molecule has 6 heteroatoms. The minimum absolute atomic E-state index is 0.312. The summed E-state index contributed by atoms with van der Waals surface area (Å²) in [6.45, 7) is 4.04. The van der Waals surface area contributed by atoms with Gasteiger partial charge >= 0.3 is 5.63 Å².